The number of amidine groups is 1. The van der Waals surface area contributed by atoms with Crippen molar-refractivity contribution in [2.75, 3.05) is 33.2 Å². The fraction of sp³-hybridized carbons (Fsp3) is 0.300. The van der Waals surface area contributed by atoms with Crippen LogP contribution in [-0.2, 0) is 6.42 Å². The van der Waals surface area contributed by atoms with E-state index in [1.165, 1.54) is 0 Å². The number of carbonyl (C=O) groups is 1. The van der Waals surface area contributed by atoms with Crippen LogP contribution in [0.15, 0.2) is 41.5 Å². The lowest BCUT2D eigenvalue weighted by Gasteiger charge is -2.32. The summed E-state index contributed by atoms with van der Waals surface area (Å²) in [6.45, 7) is 3.18. The Morgan fingerprint density at radius 3 is 2.75 bits per heavy atom. The second kappa shape index (κ2) is 6.42. The Morgan fingerprint density at radius 1 is 1.11 bits per heavy atom. The number of amides is 1. The van der Waals surface area contributed by atoms with Crippen LogP contribution in [0, 0.1) is 0 Å². The predicted octanol–water partition coefficient (Wildman–Crippen LogP) is 1.33. The van der Waals surface area contributed by atoms with Gasteiger partial charge in [0.2, 0.25) is 0 Å². The third-order valence-electron chi connectivity index (χ3n) is 5.39. The predicted molar refractivity (Wildman–Crippen MR) is 107 cm³/mol. The average molecular weight is 375 g/mol. The van der Waals surface area contributed by atoms with Crippen molar-refractivity contribution in [1.82, 2.24) is 24.4 Å². The van der Waals surface area contributed by atoms with Crippen LogP contribution < -0.4 is 5.73 Å². The number of imidazole rings is 1. The van der Waals surface area contributed by atoms with Gasteiger partial charge in [0, 0.05) is 38.2 Å². The van der Waals surface area contributed by atoms with E-state index in [9.17, 15) is 4.79 Å². The lowest BCUT2D eigenvalue weighted by molar-refractivity contribution is 0.0656. The molecule has 2 N–H and O–H groups in total. The van der Waals surface area contributed by atoms with Crippen molar-refractivity contribution < 1.29 is 4.79 Å². The minimum atomic E-state index is -0.0309. The summed E-state index contributed by atoms with van der Waals surface area (Å²) in [4.78, 5) is 25.8. The van der Waals surface area contributed by atoms with Gasteiger partial charge in [0.05, 0.1) is 17.6 Å². The van der Waals surface area contributed by atoms with Gasteiger partial charge in [-0.2, -0.15) is 5.10 Å². The van der Waals surface area contributed by atoms with Gasteiger partial charge in [-0.25, -0.2) is 14.5 Å². The molecular formula is C20H21N7O. The Labute approximate surface area is 162 Å². The standard InChI is InChI=1S/C20H21N7O/c1-25-6-8-26(9-7-25)20(28)17-12-22-19-5-4-15(24-27(17)19)13-2-3-14-11-18(21)23-16(14)10-13/h2-5,10,12H,6-9,11H2,1H3,(H2,21,23). The first kappa shape index (κ1) is 16.9. The molecule has 3 aromatic rings. The van der Waals surface area contributed by atoms with E-state index in [2.05, 4.69) is 21.9 Å². The summed E-state index contributed by atoms with van der Waals surface area (Å²) in [5.41, 5.74) is 10.7. The molecule has 8 nitrogen and oxygen atoms in total. The van der Waals surface area contributed by atoms with Crippen LogP contribution in [0.1, 0.15) is 16.1 Å². The molecule has 1 aromatic carbocycles. The van der Waals surface area contributed by atoms with Crippen LogP contribution in [0.4, 0.5) is 5.69 Å². The Balaban J connectivity index is 1.50. The van der Waals surface area contributed by atoms with Crippen LogP contribution >= 0.6 is 0 Å². The van der Waals surface area contributed by atoms with Gasteiger partial charge in [-0.05, 0) is 30.8 Å². The lowest BCUT2D eigenvalue weighted by atomic mass is 10.1. The molecule has 8 heteroatoms. The zero-order valence-corrected chi connectivity index (χ0v) is 15.7. The van der Waals surface area contributed by atoms with E-state index in [-0.39, 0.29) is 5.91 Å². The van der Waals surface area contributed by atoms with Crippen molar-refractivity contribution in [2.45, 2.75) is 6.42 Å². The third kappa shape index (κ3) is 2.82. The van der Waals surface area contributed by atoms with Crippen molar-refractivity contribution >= 4 is 23.1 Å². The number of nitrogens with zero attached hydrogens (tertiary/aromatic N) is 6. The molecule has 0 radical (unpaired) electrons. The highest BCUT2D eigenvalue weighted by Crippen LogP contribution is 2.30. The van der Waals surface area contributed by atoms with Crippen LogP contribution in [-0.4, -0.2) is 69.4 Å². The summed E-state index contributed by atoms with van der Waals surface area (Å²) in [5.74, 6) is 0.599. The van der Waals surface area contributed by atoms with Crippen LogP contribution in [0.5, 0.6) is 0 Å². The topological polar surface area (TPSA) is 92.1 Å². The summed E-state index contributed by atoms with van der Waals surface area (Å²) in [6.07, 6.45) is 2.30. The molecule has 142 valence electrons. The number of aliphatic imine (C=N–C) groups is 1. The van der Waals surface area contributed by atoms with E-state index in [1.54, 1.807) is 10.7 Å². The molecule has 1 fully saturated rings. The first-order chi connectivity index (χ1) is 13.6. The van der Waals surface area contributed by atoms with E-state index >= 15 is 0 Å². The molecule has 0 aliphatic carbocycles. The molecule has 0 spiro atoms. The van der Waals surface area contributed by atoms with Gasteiger partial charge in [0.25, 0.3) is 5.91 Å². The Morgan fingerprint density at radius 2 is 1.93 bits per heavy atom. The number of piperazine rings is 1. The molecular weight excluding hydrogens is 354 g/mol. The number of aromatic nitrogens is 3. The molecule has 1 saturated heterocycles. The van der Waals surface area contributed by atoms with Crippen molar-refractivity contribution in [2.24, 2.45) is 10.7 Å². The number of benzene rings is 1. The molecule has 0 unspecified atom stereocenters. The lowest BCUT2D eigenvalue weighted by Crippen LogP contribution is -2.47. The van der Waals surface area contributed by atoms with Gasteiger partial charge < -0.3 is 15.5 Å². The SMILES string of the molecule is CN1CCN(C(=O)c2cnc3ccc(-c4ccc5c(c4)N=C(N)C5)nn23)CC1. The van der Waals surface area contributed by atoms with E-state index in [0.29, 0.717) is 36.7 Å². The number of fused-ring (bicyclic) bond motifs is 2. The molecule has 0 atom stereocenters. The Kier molecular flexibility index (Phi) is 3.87. The smallest absolute Gasteiger partial charge is 0.274 e. The number of hydrogen-bond acceptors (Lipinski definition) is 6. The number of likely N-dealkylation sites (N-methyl/N-ethyl adjacent to an activating group) is 1. The van der Waals surface area contributed by atoms with Crippen molar-refractivity contribution in [3.63, 3.8) is 0 Å². The molecule has 5 rings (SSSR count). The largest absolute Gasteiger partial charge is 0.387 e. The summed E-state index contributed by atoms with van der Waals surface area (Å²) >= 11 is 0. The van der Waals surface area contributed by atoms with Crippen LogP contribution in [0.2, 0.25) is 0 Å². The zero-order valence-electron chi connectivity index (χ0n) is 15.7. The van der Waals surface area contributed by atoms with Crippen molar-refractivity contribution in [3.05, 3.63) is 47.8 Å². The molecule has 4 heterocycles. The molecule has 1 amide bonds. The summed E-state index contributed by atoms with van der Waals surface area (Å²) < 4.78 is 1.64. The first-order valence-corrected chi connectivity index (χ1v) is 9.37. The minimum Gasteiger partial charge on any atom is -0.387 e. The van der Waals surface area contributed by atoms with Crippen LogP contribution in [0.3, 0.4) is 0 Å². The van der Waals surface area contributed by atoms with Crippen molar-refractivity contribution in [1.29, 1.82) is 0 Å². The van der Waals surface area contributed by atoms with E-state index in [0.717, 1.165) is 35.6 Å². The van der Waals surface area contributed by atoms with Crippen LogP contribution in [0.25, 0.3) is 16.9 Å². The van der Waals surface area contributed by atoms with E-state index in [1.807, 2.05) is 35.2 Å². The Bertz CT molecular complexity index is 1110. The van der Waals surface area contributed by atoms with Crippen molar-refractivity contribution in [3.8, 4) is 11.3 Å². The first-order valence-electron chi connectivity index (χ1n) is 9.37. The van der Waals surface area contributed by atoms with E-state index < -0.39 is 0 Å². The zero-order chi connectivity index (χ0) is 19.3. The normalized spacial score (nSPS) is 17.0. The van der Waals surface area contributed by atoms with Gasteiger partial charge in [-0.3, -0.25) is 4.79 Å². The molecule has 0 saturated carbocycles. The maximum absolute atomic E-state index is 13.0. The second-order valence-corrected chi connectivity index (χ2v) is 7.35. The van der Waals surface area contributed by atoms with E-state index in [4.69, 9.17) is 10.8 Å². The maximum Gasteiger partial charge on any atom is 0.274 e. The summed E-state index contributed by atoms with van der Waals surface area (Å²) in [5, 5.41) is 4.70. The highest BCUT2D eigenvalue weighted by atomic mass is 16.2. The number of rotatable bonds is 2. The van der Waals surface area contributed by atoms with Gasteiger partial charge in [-0.15, -0.1) is 0 Å². The van der Waals surface area contributed by atoms with Gasteiger partial charge in [-0.1, -0.05) is 12.1 Å². The molecule has 28 heavy (non-hydrogen) atoms. The number of hydrogen-bond donors (Lipinski definition) is 1. The molecule has 2 aliphatic heterocycles. The Hall–Kier alpha value is -3.26. The van der Waals surface area contributed by atoms with Gasteiger partial charge in [0.1, 0.15) is 5.84 Å². The fourth-order valence-electron chi connectivity index (χ4n) is 3.71. The molecule has 0 bridgehead atoms. The highest BCUT2D eigenvalue weighted by molar-refractivity contribution is 5.93. The third-order valence-corrected chi connectivity index (χ3v) is 5.39. The number of nitrogens with two attached hydrogens (primary N) is 1. The maximum atomic E-state index is 13.0. The second-order valence-electron chi connectivity index (χ2n) is 7.35. The molecule has 2 aromatic heterocycles. The molecule has 2 aliphatic rings. The quantitative estimate of drug-likeness (QED) is 0.729. The highest BCUT2D eigenvalue weighted by Gasteiger charge is 2.24. The van der Waals surface area contributed by atoms with Gasteiger partial charge >= 0.3 is 0 Å². The minimum absolute atomic E-state index is 0.0309. The summed E-state index contributed by atoms with van der Waals surface area (Å²) in [7, 11) is 2.07. The monoisotopic (exact) mass is 375 g/mol. The number of carbonyl (C=O) groups excluding carboxylic acids is 1. The van der Waals surface area contributed by atoms with Gasteiger partial charge in [0.15, 0.2) is 11.3 Å². The average Bonchev–Trinajstić information content (AvgIpc) is 3.29. The fourth-order valence-corrected chi connectivity index (χ4v) is 3.71. The summed E-state index contributed by atoms with van der Waals surface area (Å²) in [6, 6.07) is 9.83.